The molecule has 0 heterocycles. The van der Waals surface area contributed by atoms with Gasteiger partial charge in [-0.1, -0.05) is 29.8 Å². The fourth-order valence-corrected chi connectivity index (χ4v) is 2.94. The average Bonchev–Trinajstić information content (AvgIpc) is 2.51. The molecular formula is C15H17N3O5S. The van der Waals surface area contributed by atoms with Crippen LogP contribution >= 0.6 is 0 Å². The molecule has 24 heavy (non-hydrogen) atoms. The van der Waals surface area contributed by atoms with Crippen molar-refractivity contribution >= 4 is 21.4 Å². The third-order valence-corrected chi connectivity index (χ3v) is 4.35. The topological polar surface area (TPSA) is 136 Å². The Bertz CT molecular complexity index is 867. The maximum Gasteiger partial charge on any atom is 0.270 e. The van der Waals surface area contributed by atoms with E-state index in [0.717, 1.165) is 17.7 Å². The molecule has 1 unspecified atom stereocenters. The molecule has 128 valence electrons. The molecule has 0 aliphatic carbocycles. The minimum absolute atomic E-state index is 0.0176. The van der Waals surface area contributed by atoms with Gasteiger partial charge in [-0.3, -0.25) is 10.1 Å². The molecule has 1 atom stereocenters. The maximum absolute atomic E-state index is 11.6. The highest BCUT2D eigenvalue weighted by molar-refractivity contribution is 7.89. The summed E-state index contributed by atoms with van der Waals surface area (Å²) in [7, 11) is -4.16. The van der Waals surface area contributed by atoms with E-state index >= 15 is 0 Å². The van der Waals surface area contributed by atoms with E-state index in [2.05, 4.69) is 5.32 Å². The number of non-ortho nitro benzene ring substituents is 1. The Balaban J connectivity index is 2.25. The minimum Gasteiger partial charge on any atom is -0.387 e. The van der Waals surface area contributed by atoms with Gasteiger partial charge in [0.25, 0.3) is 5.69 Å². The summed E-state index contributed by atoms with van der Waals surface area (Å²) in [5.41, 5.74) is 1.35. The van der Waals surface area contributed by atoms with Crippen molar-refractivity contribution in [3.8, 4) is 0 Å². The summed E-state index contributed by atoms with van der Waals surface area (Å²) in [5, 5.41) is 28.9. The van der Waals surface area contributed by atoms with Crippen LogP contribution in [0.5, 0.6) is 0 Å². The van der Waals surface area contributed by atoms with Crippen LogP contribution < -0.4 is 10.5 Å². The molecule has 0 aromatic heterocycles. The number of nitro benzene ring substituents is 1. The second-order valence-corrected chi connectivity index (χ2v) is 6.82. The van der Waals surface area contributed by atoms with Crippen LogP contribution in [-0.4, -0.2) is 25.0 Å². The number of primary sulfonamides is 1. The number of hydrogen-bond acceptors (Lipinski definition) is 6. The Hall–Kier alpha value is -2.49. The van der Waals surface area contributed by atoms with Crippen molar-refractivity contribution in [2.75, 3.05) is 11.9 Å². The van der Waals surface area contributed by atoms with Gasteiger partial charge in [0.1, 0.15) is 4.90 Å². The second kappa shape index (κ2) is 6.95. The molecule has 2 aromatic carbocycles. The maximum atomic E-state index is 11.6. The number of aliphatic hydroxyl groups is 1. The lowest BCUT2D eigenvalue weighted by molar-refractivity contribution is -0.385. The summed E-state index contributed by atoms with van der Waals surface area (Å²) in [6.45, 7) is 1.91. The van der Waals surface area contributed by atoms with Crippen molar-refractivity contribution in [3.05, 3.63) is 63.7 Å². The number of nitrogens with one attached hydrogen (secondary N) is 1. The predicted octanol–water partition coefficient (Wildman–Crippen LogP) is 1.70. The van der Waals surface area contributed by atoms with Gasteiger partial charge < -0.3 is 10.4 Å². The Morgan fingerprint density at radius 3 is 2.58 bits per heavy atom. The van der Waals surface area contributed by atoms with E-state index in [1.807, 2.05) is 19.1 Å². The van der Waals surface area contributed by atoms with E-state index in [4.69, 9.17) is 5.14 Å². The van der Waals surface area contributed by atoms with Gasteiger partial charge in [-0.2, -0.15) is 0 Å². The molecule has 0 aliphatic heterocycles. The highest BCUT2D eigenvalue weighted by Crippen LogP contribution is 2.26. The molecule has 4 N–H and O–H groups in total. The summed E-state index contributed by atoms with van der Waals surface area (Å²) in [6, 6.07) is 10.5. The van der Waals surface area contributed by atoms with Gasteiger partial charge in [0.15, 0.2) is 0 Å². The number of nitro groups is 1. The van der Waals surface area contributed by atoms with E-state index in [1.54, 1.807) is 12.1 Å². The molecule has 0 radical (unpaired) electrons. The van der Waals surface area contributed by atoms with E-state index in [1.165, 1.54) is 6.07 Å². The van der Waals surface area contributed by atoms with Crippen molar-refractivity contribution in [2.24, 2.45) is 5.14 Å². The standard InChI is InChI=1S/C15H17N3O5S/c1-10-3-2-4-11(7-10)14(19)9-17-13-6-5-12(18(20)21)8-15(13)24(16,22)23/h2-8,14,17,19H,9H2,1H3,(H2,16,22,23). The fourth-order valence-electron chi connectivity index (χ4n) is 2.21. The number of benzene rings is 2. The zero-order valence-electron chi connectivity index (χ0n) is 12.8. The zero-order chi connectivity index (χ0) is 17.9. The zero-order valence-corrected chi connectivity index (χ0v) is 13.7. The van der Waals surface area contributed by atoms with Crippen molar-refractivity contribution in [2.45, 2.75) is 17.9 Å². The van der Waals surface area contributed by atoms with Crippen LogP contribution in [0.3, 0.4) is 0 Å². The van der Waals surface area contributed by atoms with E-state index in [9.17, 15) is 23.6 Å². The molecular weight excluding hydrogens is 334 g/mol. The average molecular weight is 351 g/mol. The molecule has 0 saturated heterocycles. The summed E-state index contributed by atoms with van der Waals surface area (Å²) in [6.07, 6.45) is -0.881. The smallest absolute Gasteiger partial charge is 0.270 e. The van der Waals surface area contributed by atoms with Gasteiger partial charge in [0.05, 0.1) is 16.7 Å². The summed E-state index contributed by atoms with van der Waals surface area (Å²) in [4.78, 5) is 9.68. The quantitative estimate of drug-likeness (QED) is 0.535. The van der Waals surface area contributed by atoms with Crippen molar-refractivity contribution in [1.29, 1.82) is 0 Å². The van der Waals surface area contributed by atoms with Crippen LogP contribution in [0.15, 0.2) is 47.4 Å². The summed E-state index contributed by atoms with van der Waals surface area (Å²) >= 11 is 0. The van der Waals surface area contributed by atoms with Crippen LogP contribution in [0.4, 0.5) is 11.4 Å². The third-order valence-electron chi connectivity index (χ3n) is 3.40. The monoisotopic (exact) mass is 351 g/mol. The van der Waals surface area contributed by atoms with Crippen molar-refractivity contribution in [1.82, 2.24) is 0 Å². The molecule has 0 amide bonds. The molecule has 0 bridgehead atoms. The number of nitrogens with zero attached hydrogens (tertiary/aromatic N) is 1. The third kappa shape index (κ3) is 4.28. The second-order valence-electron chi connectivity index (χ2n) is 5.29. The molecule has 9 heteroatoms. The van der Waals surface area contributed by atoms with Gasteiger partial charge in [-0.05, 0) is 18.6 Å². The lowest BCUT2D eigenvalue weighted by Gasteiger charge is -2.15. The van der Waals surface area contributed by atoms with Gasteiger partial charge in [0.2, 0.25) is 10.0 Å². The highest BCUT2D eigenvalue weighted by Gasteiger charge is 2.19. The summed E-state index contributed by atoms with van der Waals surface area (Å²) in [5.74, 6) is 0. The van der Waals surface area contributed by atoms with Crippen LogP contribution in [0.25, 0.3) is 0 Å². The van der Waals surface area contributed by atoms with Crippen LogP contribution in [0.2, 0.25) is 0 Å². The van der Waals surface area contributed by atoms with E-state index in [0.29, 0.717) is 5.56 Å². The Kier molecular flexibility index (Phi) is 5.17. The lowest BCUT2D eigenvalue weighted by Crippen LogP contribution is -2.18. The molecule has 0 saturated carbocycles. The first-order valence-electron chi connectivity index (χ1n) is 6.98. The first kappa shape index (κ1) is 17.9. The van der Waals surface area contributed by atoms with Gasteiger partial charge in [0, 0.05) is 18.7 Å². The number of hydrogen-bond donors (Lipinski definition) is 3. The number of aryl methyl sites for hydroxylation is 1. The number of sulfonamides is 1. The SMILES string of the molecule is Cc1cccc(C(O)CNc2ccc([N+](=O)[O-])cc2S(N)(=O)=O)c1. The van der Waals surface area contributed by atoms with Crippen LogP contribution in [0, 0.1) is 17.0 Å². The minimum atomic E-state index is -4.16. The Morgan fingerprint density at radius 2 is 2.00 bits per heavy atom. The van der Waals surface area contributed by atoms with Crippen molar-refractivity contribution < 1.29 is 18.4 Å². The molecule has 2 aromatic rings. The number of nitrogens with two attached hydrogens (primary N) is 1. The van der Waals surface area contributed by atoms with E-state index < -0.39 is 25.9 Å². The number of rotatable bonds is 6. The molecule has 0 aliphatic rings. The first-order valence-corrected chi connectivity index (χ1v) is 8.53. The Morgan fingerprint density at radius 1 is 1.29 bits per heavy atom. The van der Waals surface area contributed by atoms with Gasteiger partial charge in [-0.25, -0.2) is 13.6 Å². The van der Waals surface area contributed by atoms with Crippen LogP contribution in [0.1, 0.15) is 17.2 Å². The van der Waals surface area contributed by atoms with Gasteiger partial charge >= 0.3 is 0 Å². The predicted molar refractivity (Wildman–Crippen MR) is 89.1 cm³/mol. The molecule has 2 rings (SSSR count). The van der Waals surface area contributed by atoms with Crippen LogP contribution in [-0.2, 0) is 10.0 Å². The molecule has 8 nitrogen and oxygen atoms in total. The van der Waals surface area contributed by atoms with Crippen molar-refractivity contribution in [3.63, 3.8) is 0 Å². The van der Waals surface area contributed by atoms with E-state index in [-0.39, 0.29) is 17.9 Å². The first-order chi connectivity index (χ1) is 11.2. The number of anilines is 1. The lowest BCUT2D eigenvalue weighted by atomic mass is 10.1. The summed E-state index contributed by atoms with van der Waals surface area (Å²) < 4.78 is 23.3. The largest absolute Gasteiger partial charge is 0.387 e. The normalized spacial score (nSPS) is 12.6. The molecule has 0 fully saturated rings. The number of aliphatic hydroxyl groups excluding tert-OH is 1. The highest BCUT2D eigenvalue weighted by atomic mass is 32.2. The fraction of sp³-hybridized carbons (Fsp3) is 0.200. The van der Waals surface area contributed by atoms with Gasteiger partial charge in [-0.15, -0.1) is 0 Å². The molecule has 0 spiro atoms. The Labute approximate surface area is 139 Å².